The van der Waals surface area contributed by atoms with Crippen molar-refractivity contribution in [2.45, 2.75) is 0 Å². The van der Waals surface area contributed by atoms with Crippen LogP contribution in [0.1, 0.15) is 0 Å². The third-order valence-electron chi connectivity index (χ3n) is 1.13. The molecular formula is C5H3Cl2N3O2. The van der Waals surface area contributed by atoms with E-state index in [0.29, 0.717) is 0 Å². The molecule has 0 spiro atoms. The second kappa shape index (κ2) is 3.12. The largest absolute Gasteiger partial charge is 0.391 e. The second-order valence-corrected chi connectivity index (χ2v) is 2.72. The zero-order chi connectivity index (χ0) is 9.30. The summed E-state index contributed by atoms with van der Waals surface area (Å²) in [6, 6.07) is 1.24. The van der Waals surface area contributed by atoms with Gasteiger partial charge in [0.05, 0.1) is 5.02 Å². The summed E-state index contributed by atoms with van der Waals surface area (Å²) < 4.78 is 0. The van der Waals surface area contributed by atoms with Crippen molar-refractivity contribution in [1.29, 1.82) is 0 Å². The Balaban J connectivity index is 3.37. The smallest absolute Gasteiger partial charge is 0.389 e. The van der Waals surface area contributed by atoms with Crippen LogP contribution in [-0.2, 0) is 0 Å². The van der Waals surface area contributed by atoms with Crippen molar-refractivity contribution in [2.75, 3.05) is 5.73 Å². The van der Waals surface area contributed by atoms with Gasteiger partial charge in [0.25, 0.3) is 0 Å². The molecule has 64 valence electrons. The molecule has 1 heterocycles. The number of halogens is 2. The minimum absolute atomic E-state index is 0.0294. The Morgan fingerprint density at radius 1 is 1.58 bits per heavy atom. The van der Waals surface area contributed by atoms with E-state index in [-0.39, 0.29) is 15.9 Å². The molecule has 0 saturated heterocycles. The molecule has 0 atom stereocenters. The molecule has 0 saturated carbocycles. The number of rotatable bonds is 1. The SMILES string of the molecule is Nc1c(Cl)cc(Cl)nc1[N+](=O)[O-]. The average molecular weight is 208 g/mol. The fraction of sp³-hybridized carbons (Fsp3) is 0. The summed E-state index contributed by atoms with van der Waals surface area (Å²) in [5.41, 5.74) is 5.08. The minimum atomic E-state index is -0.743. The summed E-state index contributed by atoms with van der Waals surface area (Å²) in [5, 5.41) is 10.2. The number of hydrogen-bond acceptors (Lipinski definition) is 4. The number of aromatic nitrogens is 1. The topological polar surface area (TPSA) is 82.0 Å². The van der Waals surface area contributed by atoms with Crippen LogP contribution in [0.15, 0.2) is 6.07 Å². The summed E-state index contributed by atoms with van der Waals surface area (Å²) in [6.45, 7) is 0. The molecule has 0 radical (unpaired) electrons. The number of nitrogens with two attached hydrogens (primary N) is 1. The maximum Gasteiger partial charge on any atom is 0.389 e. The van der Waals surface area contributed by atoms with Gasteiger partial charge >= 0.3 is 5.82 Å². The van der Waals surface area contributed by atoms with Crippen LogP contribution in [0.4, 0.5) is 11.5 Å². The van der Waals surface area contributed by atoms with E-state index < -0.39 is 10.7 Å². The van der Waals surface area contributed by atoms with Crippen LogP contribution in [0, 0.1) is 10.1 Å². The predicted molar refractivity (Wildman–Crippen MR) is 45.3 cm³/mol. The Labute approximate surface area is 77.3 Å². The molecule has 1 rings (SSSR count). The highest BCUT2D eigenvalue weighted by Crippen LogP contribution is 2.29. The van der Waals surface area contributed by atoms with E-state index in [1.165, 1.54) is 6.07 Å². The highest BCUT2D eigenvalue weighted by Gasteiger charge is 2.18. The molecule has 0 aromatic carbocycles. The van der Waals surface area contributed by atoms with Crippen LogP contribution in [0.5, 0.6) is 0 Å². The maximum atomic E-state index is 10.3. The molecule has 1 aromatic heterocycles. The normalized spacial score (nSPS) is 9.83. The van der Waals surface area contributed by atoms with E-state index in [4.69, 9.17) is 28.9 Å². The summed E-state index contributed by atoms with van der Waals surface area (Å²) >= 11 is 10.9. The zero-order valence-corrected chi connectivity index (χ0v) is 7.13. The minimum Gasteiger partial charge on any atom is -0.391 e. The summed E-state index contributed by atoms with van der Waals surface area (Å²) in [7, 11) is 0. The van der Waals surface area contributed by atoms with E-state index in [9.17, 15) is 10.1 Å². The Kier molecular flexibility index (Phi) is 2.35. The quantitative estimate of drug-likeness (QED) is 0.433. The molecular weight excluding hydrogens is 205 g/mol. The van der Waals surface area contributed by atoms with Gasteiger partial charge in [0.2, 0.25) is 5.15 Å². The number of hydrogen-bond donors (Lipinski definition) is 1. The first-order valence-corrected chi connectivity index (χ1v) is 3.54. The predicted octanol–water partition coefficient (Wildman–Crippen LogP) is 1.88. The Morgan fingerprint density at radius 3 is 2.67 bits per heavy atom. The van der Waals surface area contributed by atoms with Crippen LogP contribution in [-0.4, -0.2) is 9.91 Å². The van der Waals surface area contributed by atoms with Gasteiger partial charge in [-0.2, -0.15) is 0 Å². The highest BCUT2D eigenvalue weighted by molar-refractivity contribution is 6.36. The van der Waals surface area contributed by atoms with Crippen LogP contribution < -0.4 is 5.73 Å². The highest BCUT2D eigenvalue weighted by atomic mass is 35.5. The van der Waals surface area contributed by atoms with Gasteiger partial charge in [-0.15, -0.1) is 0 Å². The maximum absolute atomic E-state index is 10.3. The van der Waals surface area contributed by atoms with Gasteiger partial charge in [-0.3, -0.25) is 0 Å². The van der Waals surface area contributed by atoms with E-state index in [2.05, 4.69) is 4.98 Å². The monoisotopic (exact) mass is 207 g/mol. The third-order valence-corrected chi connectivity index (χ3v) is 1.64. The van der Waals surface area contributed by atoms with Gasteiger partial charge < -0.3 is 15.8 Å². The molecule has 2 N–H and O–H groups in total. The van der Waals surface area contributed by atoms with Crippen LogP contribution in [0.25, 0.3) is 0 Å². The zero-order valence-electron chi connectivity index (χ0n) is 5.62. The van der Waals surface area contributed by atoms with Crippen molar-refractivity contribution in [1.82, 2.24) is 4.98 Å². The number of nitrogens with zero attached hydrogens (tertiary/aromatic N) is 2. The van der Waals surface area contributed by atoms with Crippen molar-refractivity contribution < 1.29 is 4.92 Å². The summed E-state index contributed by atoms with van der Waals surface area (Å²) in [6.07, 6.45) is 0. The number of nitrogen functional groups attached to an aromatic ring is 1. The number of anilines is 1. The lowest BCUT2D eigenvalue weighted by atomic mass is 10.4. The molecule has 0 fully saturated rings. The van der Waals surface area contributed by atoms with E-state index in [1.807, 2.05) is 0 Å². The summed E-state index contributed by atoms with van der Waals surface area (Å²) in [5.74, 6) is -0.521. The lowest BCUT2D eigenvalue weighted by molar-refractivity contribution is -0.388. The number of nitro groups is 1. The average Bonchev–Trinajstić information content (AvgIpc) is 1.96. The molecule has 0 unspecified atom stereocenters. The van der Waals surface area contributed by atoms with Crippen molar-refractivity contribution in [2.24, 2.45) is 0 Å². The first-order chi connectivity index (χ1) is 5.52. The molecule has 5 nitrogen and oxygen atoms in total. The van der Waals surface area contributed by atoms with Gasteiger partial charge in [0.1, 0.15) is 5.69 Å². The lowest BCUT2D eigenvalue weighted by Crippen LogP contribution is -1.99. The van der Waals surface area contributed by atoms with E-state index >= 15 is 0 Å². The lowest BCUT2D eigenvalue weighted by Gasteiger charge is -1.97. The van der Waals surface area contributed by atoms with Crippen LogP contribution >= 0.6 is 23.2 Å². The number of pyridine rings is 1. The molecule has 0 bridgehead atoms. The van der Waals surface area contributed by atoms with Gasteiger partial charge in [-0.1, -0.05) is 11.6 Å². The van der Waals surface area contributed by atoms with Crippen LogP contribution in [0.2, 0.25) is 10.2 Å². The van der Waals surface area contributed by atoms with Gasteiger partial charge in [0.15, 0.2) is 0 Å². The molecule has 1 aromatic rings. The van der Waals surface area contributed by atoms with Gasteiger partial charge in [-0.25, -0.2) is 0 Å². The molecule has 7 heteroatoms. The summed E-state index contributed by atoms with van der Waals surface area (Å²) in [4.78, 5) is 12.9. The molecule has 0 amide bonds. The van der Waals surface area contributed by atoms with Gasteiger partial charge in [0, 0.05) is 6.07 Å². The molecule has 0 aliphatic heterocycles. The Hall–Kier alpha value is -1.07. The second-order valence-electron chi connectivity index (χ2n) is 1.92. The first-order valence-electron chi connectivity index (χ1n) is 2.78. The van der Waals surface area contributed by atoms with Crippen molar-refractivity contribution in [3.05, 3.63) is 26.4 Å². The standard InChI is InChI=1S/C5H3Cl2N3O2/c6-2-1-3(7)9-5(4(2)8)10(11)12/h1H,8H2. The third kappa shape index (κ3) is 1.57. The molecule has 0 aliphatic carbocycles. The van der Waals surface area contributed by atoms with Gasteiger partial charge in [-0.05, 0) is 21.5 Å². The van der Waals surface area contributed by atoms with E-state index in [1.54, 1.807) is 0 Å². The molecule has 0 aliphatic rings. The van der Waals surface area contributed by atoms with Crippen molar-refractivity contribution in [3.63, 3.8) is 0 Å². The Morgan fingerprint density at radius 2 is 2.17 bits per heavy atom. The molecule has 12 heavy (non-hydrogen) atoms. The Bertz CT molecular complexity index is 342. The van der Waals surface area contributed by atoms with Crippen LogP contribution in [0.3, 0.4) is 0 Å². The first kappa shape index (κ1) is 9.02. The fourth-order valence-corrected chi connectivity index (χ4v) is 1.05. The fourth-order valence-electron chi connectivity index (χ4n) is 0.622. The van der Waals surface area contributed by atoms with E-state index in [0.717, 1.165) is 0 Å². The van der Waals surface area contributed by atoms with Crippen molar-refractivity contribution >= 4 is 34.7 Å². The van der Waals surface area contributed by atoms with Crippen molar-refractivity contribution in [3.8, 4) is 0 Å².